The van der Waals surface area contributed by atoms with Gasteiger partial charge in [-0.3, -0.25) is 15.0 Å². The molecule has 3 aromatic heterocycles. The van der Waals surface area contributed by atoms with Crippen LogP contribution in [0.15, 0.2) is 91.4 Å². The summed E-state index contributed by atoms with van der Waals surface area (Å²) in [7, 11) is 0. The predicted molar refractivity (Wildman–Crippen MR) is 153 cm³/mol. The van der Waals surface area contributed by atoms with Crippen molar-refractivity contribution in [3.63, 3.8) is 0 Å². The number of aryl methyl sites for hydroxylation is 2. The van der Waals surface area contributed by atoms with Crippen molar-refractivity contribution >= 4 is 47.9 Å². The Morgan fingerprint density at radius 2 is 1.15 bits per heavy atom. The zero-order chi connectivity index (χ0) is 26.8. The highest BCUT2D eigenvalue weighted by Gasteiger charge is 2.47. The Balaban J connectivity index is 1.50. The summed E-state index contributed by atoms with van der Waals surface area (Å²) >= 11 is -3.13. The van der Waals surface area contributed by atoms with Crippen LogP contribution in [-0.4, -0.2) is 35.2 Å². The maximum absolute atomic E-state index is 10.8. The van der Waals surface area contributed by atoms with Crippen molar-refractivity contribution in [1.82, 2.24) is 15.0 Å². The van der Waals surface area contributed by atoms with Crippen LogP contribution in [0.3, 0.4) is 0 Å². The van der Waals surface area contributed by atoms with Gasteiger partial charge >= 0.3 is 15.1 Å². The first-order valence-corrected chi connectivity index (χ1v) is 14.3. The zero-order valence-corrected chi connectivity index (χ0v) is 22.8. The van der Waals surface area contributed by atoms with Crippen molar-refractivity contribution in [2.24, 2.45) is 0 Å². The van der Waals surface area contributed by atoms with Gasteiger partial charge in [-0.15, -0.1) is 0 Å². The Kier molecular flexibility index (Phi) is 6.89. The van der Waals surface area contributed by atoms with Crippen molar-refractivity contribution < 1.29 is 16.5 Å². The van der Waals surface area contributed by atoms with Crippen LogP contribution >= 0.6 is 0 Å². The third kappa shape index (κ3) is 4.93. The lowest BCUT2D eigenvalue weighted by Crippen LogP contribution is -2.38. The van der Waals surface area contributed by atoms with Gasteiger partial charge in [0.15, 0.2) is 11.5 Å². The number of hydrogen-bond donors (Lipinski definition) is 1. The van der Waals surface area contributed by atoms with E-state index in [9.17, 15) is 5.11 Å². The third-order valence-corrected chi connectivity index (χ3v) is 7.89. The van der Waals surface area contributed by atoms with Gasteiger partial charge in [0, 0.05) is 34.7 Å². The van der Waals surface area contributed by atoms with Crippen LogP contribution in [0.5, 0.6) is 23.0 Å². The summed E-state index contributed by atoms with van der Waals surface area (Å²) in [6.07, 6.45) is 6.89. The van der Waals surface area contributed by atoms with E-state index in [1.54, 1.807) is 30.7 Å². The third-order valence-electron chi connectivity index (χ3n) is 6.60. The molecule has 6 aromatic rings. The maximum Gasteiger partial charge on any atom is 1.20 e. The standard InChI is InChI=1S/C12H13NO.C10H9NO.C9H7NO2.Al/c1-2-4-10-7-6-9-5-3-8-13-11(9)12(10)14;1-7-4-5-8-3-2-6-11-9(8)10(7)12;11-7-4-3-6-2-1-5-10-8(6)9(7)12;/h3,5-8,14H,2,4H2,1H3;2-6,12H,1H3;1-5,11-12H;/q;;;+3/p-3. The van der Waals surface area contributed by atoms with Gasteiger partial charge in [0.1, 0.15) is 28.0 Å². The summed E-state index contributed by atoms with van der Waals surface area (Å²) in [5, 5.41) is 13.6. The Labute approximate surface area is 231 Å². The van der Waals surface area contributed by atoms with E-state index in [-0.39, 0.29) is 11.5 Å². The fourth-order valence-electron chi connectivity index (χ4n) is 4.71. The molecule has 192 valence electrons. The topological polar surface area (TPSA) is 86.6 Å². The molecule has 3 aromatic carbocycles. The van der Waals surface area contributed by atoms with E-state index in [0.717, 1.165) is 45.6 Å². The summed E-state index contributed by atoms with van der Waals surface area (Å²) in [6, 6.07) is 23.1. The lowest BCUT2D eigenvalue weighted by Gasteiger charge is -2.21. The van der Waals surface area contributed by atoms with Crippen LogP contribution in [0.4, 0.5) is 0 Å². The summed E-state index contributed by atoms with van der Waals surface area (Å²) in [4.78, 5) is 13.7. The molecule has 8 heteroatoms. The summed E-state index contributed by atoms with van der Waals surface area (Å²) < 4.78 is 19.8. The molecule has 0 aliphatic carbocycles. The van der Waals surface area contributed by atoms with Gasteiger partial charge in [-0.1, -0.05) is 55.8 Å². The van der Waals surface area contributed by atoms with Gasteiger partial charge in [0.25, 0.3) is 0 Å². The van der Waals surface area contributed by atoms with Gasteiger partial charge < -0.3 is 16.5 Å². The Morgan fingerprint density at radius 3 is 1.79 bits per heavy atom. The lowest BCUT2D eigenvalue weighted by atomic mass is 10.1. The average molecular weight is 532 g/mol. The normalized spacial score (nSPS) is 11.1. The average Bonchev–Trinajstić information content (AvgIpc) is 2.97. The number of nitrogens with zero attached hydrogens (tertiary/aromatic N) is 3. The van der Waals surface area contributed by atoms with Crippen molar-refractivity contribution in [3.8, 4) is 23.0 Å². The fourth-order valence-corrected chi connectivity index (χ4v) is 6.23. The summed E-state index contributed by atoms with van der Waals surface area (Å²) in [5.74, 6) is 1.40. The predicted octanol–water partition coefficient (Wildman–Crippen LogP) is 6.82. The molecule has 0 aliphatic rings. The maximum atomic E-state index is 10.8. The van der Waals surface area contributed by atoms with E-state index in [2.05, 4.69) is 34.0 Å². The highest BCUT2D eigenvalue weighted by atomic mass is 27.3. The van der Waals surface area contributed by atoms with E-state index in [4.69, 9.17) is 11.4 Å². The Bertz CT molecular complexity index is 1720. The first-order chi connectivity index (χ1) is 19.1. The number of aromatic hydroxyl groups is 1. The van der Waals surface area contributed by atoms with Crippen molar-refractivity contribution in [2.45, 2.75) is 26.7 Å². The zero-order valence-electron chi connectivity index (χ0n) is 21.7. The second-order valence-electron chi connectivity index (χ2n) is 9.30. The summed E-state index contributed by atoms with van der Waals surface area (Å²) in [6.45, 7) is 4.09. The molecule has 0 fully saturated rings. The lowest BCUT2D eigenvalue weighted by molar-refractivity contribution is 0.301. The molecule has 0 aliphatic heterocycles. The smallest absolute Gasteiger partial charge is 0.576 e. The SMILES string of the molecule is CCCc1ccc2cccnc2c1[O][Al]([O]c1c(C)ccc2cccnc12)[O]c1c(O)ccc2cccnc12. The number of rotatable bonds is 8. The minimum atomic E-state index is -3.13. The molecule has 0 spiro atoms. The van der Waals surface area contributed by atoms with Crippen LogP contribution in [0.2, 0.25) is 0 Å². The number of hydrogen-bond acceptors (Lipinski definition) is 7. The Hall–Kier alpha value is -4.38. The van der Waals surface area contributed by atoms with Crippen molar-refractivity contribution in [1.29, 1.82) is 0 Å². The molecule has 0 atom stereocenters. The molecule has 0 saturated heterocycles. The van der Waals surface area contributed by atoms with E-state index < -0.39 is 15.1 Å². The second kappa shape index (κ2) is 10.8. The van der Waals surface area contributed by atoms with Crippen LogP contribution < -0.4 is 11.4 Å². The van der Waals surface area contributed by atoms with Crippen LogP contribution in [0.25, 0.3) is 32.7 Å². The van der Waals surface area contributed by atoms with Crippen LogP contribution in [0.1, 0.15) is 24.5 Å². The quantitative estimate of drug-likeness (QED) is 0.216. The molecule has 7 nitrogen and oxygen atoms in total. The second-order valence-corrected chi connectivity index (χ2v) is 10.6. The monoisotopic (exact) mass is 531 g/mol. The first-order valence-electron chi connectivity index (χ1n) is 12.9. The van der Waals surface area contributed by atoms with E-state index in [1.807, 2.05) is 55.5 Å². The molecule has 39 heavy (non-hydrogen) atoms. The molecule has 3 heterocycles. The van der Waals surface area contributed by atoms with Gasteiger partial charge in [0.2, 0.25) is 0 Å². The van der Waals surface area contributed by atoms with Gasteiger partial charge in [0.05, 0.1) is 0 Å². The molecule has 1 N–H and O–H groups in total. The highest BCUT2D eigenvalue weighted by Crippen LogP contribution is 2.36. The molecule has 0 unspecified atom stereocenters. The molecule has 0 saturated carbocycles. The highest BCUT2D eigenvalue weighted by molar-refractivity contribution is 6.40. The van der Waals surface area contributed by atoms with Crippen LogP contribution in [-0.2, 0) is 6.42 Å². The van der Waals surface area contributed by atoms with Crippen molar-refractivity contribution in [2.75, 3.05) is 0 Å². The number of phenols is 1. The number of phenolic OH excluding ortho intramolecular Hbond substituents is 1. The minimum absolute atomic E-state index is 0.0384. The van der Waals surface area contributed by atoms with E-state index in [1.165, 1.54) is 0 Å². The molecule has 0 bridgehead atoms. The number of aromatic nitrogens is 3. The number of pyridine rings is 3. The molecule has 0 radical (unpaired) electrons. The first kappa shape index (κ1) is 24.9. The Morgan fingerprint density at radius 1 is 0.641 bits per heavy atom. The van der Waals surface area contributed by atoms with Crippen molar-refractivity contribution in [3.05, 3.63) is 103 Å². The molecular weight excluding hydrogens is 505 g/mol. The number of benzene rings is 3. The van der Waals surface area contributed by atoms with Gasteiger partial charge in [-0.25, -0.2) is 0 Å². The van der Waals surface area contributed by atoms with E-state index >= 15 is 0 Å². The molecule has 6 rings (SSSR count). The minimum Gasteiger partial charge on any atom is -0.576 e. The molecular formula is C31H26AlN3O4. The fraction of sp³-hybridized carbons (Fsp3) is 0.129. The summed E-state index contributed by atoms with van der Waals surface area (Å²) in [5.41, 5.74) is 3.89. The van der Waals surface area contributed by atoms with Crippen LogP contribution in [0, 0.1) is 6.92 Å². The van der Waals surface area contributed by atoms with E-state index in [0.29, 0.717) is 22.5 Å². The largest absolute Gasteiger partial charge is 1.20 e. The van der Waals surface area contributed by atoms with Gasteiger partial charge in [-0.05, 0) is 54.8 Å². The van der Waals surface area contributed by atoms with Gasteiger partial charge in [-0.2, -0.15) is 0 Å². The molecule has 0 amide bonds. The number of fused-ring (bicyclic) bond motifs is 3.